The van der Waals surface area contributed by atoms with Gasteiger partial charge in [0.1, 0.15) is 5.01 Å². The van der Waals surface area contributed by atoms with Crippen LogP contribution in [0.5, 0.6) is 0 Å². The van der Waals surface area contributed by atoms with Crippen LogP contribution in [0.2, 0.25) is 10.0 Å². The second-order valence-electron chi connectivity index (χ2n) is 6.78. The molecule has 0 unspecified atom stereocenters. The average Bonchev–Trinajstić information content (AvgIpc) is 3.13. The maximum atomic E-state index is 12.8. The van der Waals surface area contributed by atoms with E-state index in [2.05, 4.69) is 15.3 Å². The van der Waals surface area contributed by atoms with E-state index in [4.69, 9.17) is 23.2 Å². The van der Waals surface area contributed by atoms with Crippen molar-refractivity contribution < 1.29 is 4.79 Å². The van der Waals surface area contributed by atoms with Crippen molar-refractivity contribution in [2.24, 2.45) is 0 Å². The van der Waals surface area contributed by atoms with Crippen LogP contribution in [-0.2, 0) is 17.8 Å². The predicted octanol–water partition coefficient (Wildman–Crippen LogP) is 4.70. The summed E-state index contributed by atoms with van der Waals surface area (Å²) in [4.78, 5) is 33.8. The number of aryl methyl sites for hydroxylation is 1. The van der Waals surface area contributed by atoms with Crippen molar-refractivity contribution in [3.8, 4) is 0 Å². The van der Waals surface area contributed by atoms with Gasteiger partial charge in [0.2, 0.25) is 5.91 Å². The summed E-state index contributed by atoms with van der Waals surface area (Å²) < 4.78 is 1.44. The van der Waals surface area contributed by atoms with E-state index in [9.17, 15) is 9.59 Å². The van der Waals surface area contributed by atoms with Gasteiger partial charge >= 0.3 is 0 Å². The van der Waals surface area contributed by atoms with E-state index < -0.39 is 0 Å². The predicted molar refractivity (Wildman–Crippen MR) is 121 cm³/mol. The van der Waals surface area contributed by atoms with Gasteiger partial charge < -0.3 is 5.32 Å². The number of nitrogens with one attached hydrogen (secondary N) is 1. The molecule has 1 N–H and O–H groups in total. The zero-order chi connectivity index (χ0) is 21.3. The van der Waals surface area contributed by atoms with Crippen molar-refractivity contribution in [1.82, 2.24) is 14.5 Å². The highest BCUT2D eigenvalue weighted by molar-refractivity contribution is 7.09. The second kappa shape index (κ2) is 8.55. The number of nitrogens with zero attached hydrogens (tertiary/aromatic N) is 3. The van der Waals surface area contributed by atoms with Gasteiger partial charge in [-0.1, -0.05) is 40.9 Å². The Morgan fingerprint density at radius 2 is 1.97 bits per heavy atom. The Kier molecular flexibility index (Phi) is 5.85. The maximum absolute atomic E-state index is 12.8. The highest BCUT2D eigenvalue weighted by Gasteiger charge is 2.12. The van der Waals surface area contributed by atoms with Crippen LogP contribution in [0.4, 0.5) is 5.69 Å². The number of anilines is 1. The molecule has 6 nitrogen and oxygen atoms in total. The van der Waals surface area contributed by atoms with Crippen molar-refractivity contribution in [2.75, 3.05) is 5.32 Å². The fraction of sp³-hybridized carbons (Fsp3) is 0.143. The molecule has 0 spiro atoms. The van der Waals surface area contributed by atoms with E-state index in [0.29, 0.717) is 31.6 Å². The van der Waals surface area contributed by atoms with Crippen molar-refractivity contribution in [3.63, 3.8) is 0 Å². The van der Waals surface area contributed by atoms with Gasteiger partial charge in [0.05, 0.1) is 40.9 Å². The third-order valence-electron chi connectivity index (χ3n) is 4.42. The summed E-state index contributed by atoms with van der Waals surface area (Å²) in [5.74, 6) is -0.145. The lowest BCUT2D eigenvalue weighted by Gasteiger charge is -2.06. The number of amides is 1. The van der Waals surface area contributed by atoms with Gasteiger partial charge in [-0.3, -0.25) is 14.2 Å². The van der Waals surface area contributed by atoms with Crippen LogP contribution in [0.25, 0.3) is 10.9 Å². The Hall–Kier alpha value is -2.74. The molecular weight excluding hydrogens is 443 g/mol. The monoisotopic (exact) mass is 458 g/mol. The fourth-order valence-electron chi connectivity index (χ4n) is 2.96. The molecule has 9 heteroatoms. The highest BCUT2D eigenvalue weighted by Crippen LogP contribution is 2.24. The van der Waals surface area contributed by atoms with Crippen LogP contribution in [0, 0.1) is 6.92 Å². The molecule has 2 aromatic heterocycles. The minimum Gasteiger partial charge on any atom is -0.326 e. The lowest BCUT2D eigenvalue weighted by atomic mass is 10.2. The Balaban J connectivity index is 1.48. The minimum absolute atomic E-state index is 0.145. The Morgan fingerprint density at radius 3 is 2.73 bits per heavy atom. The number of benzene rings is 2. The van der Waals surface area contributed by atoms with Crippen LogP contribution in [-0.4, -0.2) is 20.4 Å². The molecule has 0 aliphatic rings. The van der Waals surface area contributed by atoms with Gasteiger partial charge in [0.25, 0.3) is 5.56 Å². The van der Waals surface area contributed by atoms with Gasteiger partial charge in [-0.05, 0) is 31.2 Å². The Bertz CT molecular complexity index is 1300. The van der Waals surface area contributed by atoms with E-state index in [0.717, 1.165) is 11.3 Å². The first kappa shape index (κ1) is 20.5. The summed E-state index contributed by atoms with van der Waals surface area (Å²) in [5, 5.41) is 6.41. The zero-order valence-corrected chi connectivity index (χ0v) is 18.2. The Labute approximate surface area is 186 Å². The van der Waals surface area contributed by atoms with Crippen LogP contribution < -0.4 is 10.9 Å². The zero-order valence-electron chi connectivity index (χ0n) is 15.9. The quantitative estimate of drug-likeness (QED) is 0.470. The first-order valence-electron chi connectivity index (χ1n) is 9.03. The number of fused-ring (bicyclic) bond motifs is 1. The number of hydrogen-bond donors (Lipinski definition) is 1. The summed E-state index contributed by atoms with van der Waals surface area (Å²) in [5.41, 5.74) is 2.70. The molecule has 1 amide bonds. The third-order valence-corrected chi connectivity index (χ3v) is 5.83. The molecule has 30 heavy (non-hydrogen) atoms. The van der Waals surface area contributed by atoms with E-state index in [-0.39, 0.29) is 24.4 Å². The smallest absolute Gasteiger partial charge is 0.261 e. The summed E-state index contributed by atoms with van der Waals surface area (Å²) in [6, 6.07) is 10.7. The molecule has 2 heterocycles. The molecule has 0 radical (unpaired) electrons. The number of hydrogen-bond acceptors (Lipinski definition) is 5. The number of halogens is 2. The van der Waals surface area contributed by atoms with Crippen molar-refractivity contribution in [1.29, 1.82) is 0 Å². The molecule has 4 aromatic rings. The lowest BCUT2D eigenvalue weighted by Crippen LogP contribution is -2.21. The molecule has 2 aromatic carbocycles. The van der Waals surface area contributed by atoms with Gasteiger partial charge in [-0.2, -0.15) is 0 Å². The van der Waals surface area contributed by atoms with E-state index in [1.165, 1.54) is 22.2 Å². The van der Waals surface area contributed by atoms with Crippen molar-refractivity contribution in [3.05, 3.63) is 84.8 Å². The standard InChI is InChI=1S/C21H16Cl2N4O2S/c1-12-2-4-14(5-3-12)25-18(28)8-19-26-15(10-30-19)9-27-11-24-20-16(21(27)29)6-13(22)7-17(20)23/h2-7,10-11H,8-9H2,1H3,(H,25,28). The second-order valence-corrected chi connectivity index (χ2v) is 8.57. The fourth-order valence-corrected chi connectivity index (χ4v) is 4.29. The minimum atomic E-state index is -0.254. The summed E-state index contributed by atoms with van der Waals surface area (Å²) in [7, 11) is 0. The summed E-state index contributed by atoms with van der Waals surface area (Å²) in [6.07, 6.45) is 1.60. The molecule has 0 aliphatic heterocycles. The summed E-state index contributed by atoms with van der Waals surface area (Å²) >= 11 is 13.5. The molecular formula is C21H16Cl2N4O2S. The van der Waals surface area contributed by atoms with Crippen LogP contribution in [0.15, 0.2) is 52.9 Å². The molecule has 152 valence electrons. The lowest BCUT2D eigenvalue weighted by molar-refractivity contribution is -0.115. The van der Waals surface area contributed by atoms with Gasteiger partial charge in [-0.25, -0.2) is 9.97 Å². The molecule has 0 saturated heterocycles. The number of rotatable bonds is 5. The van der Waals surface area contributed by atoms with Crippen molar-refractivity contribution >= 4 is 57.0 Å². The van der Waals surface area contributed by atoms with Gasteiger partial charge in [-0.15, -0.1) is 11.3 Å². The first-order valence-corrected chi connectivity index (χ1v) is 10.7. The van der Waals surface area contributed by atoms with E-state index >= 15 is 0 Å². The average molecular weight is 459 g/mol. The molecule has 0 aliphatic carbocycles. The molecule has 4 rings (SSSR count). The van der Waals surface area contributed by atoms with E-state index in [1.54, 1.807) is 12.1 Å². The van der Waals surface area contributed by atoms with Gasteiger partial charge in [0, 0.05) is 16.1 Å². The first-order chi connectivity index (χ1) is 14.4. The molecule has 0 bridgehead atoms. The van der Waals surface area contributed by atoms with E-state index in [1.807, 2.05) is 36.6 Å². The number of carbonyl (C=O) groups is 1. The normalized spacial score (nSPS) is 11.0. The maximum Gasteiger partial charge on any atom is 0.261 e. The van der Waals surface area contributed by atoms with Crippen molar-refractivity contribution in [2.45, 2.75) is 19.9 Å². The van der Waals surface area contributed by atoms with Crippen LogP contribution in [0.1, 0.15) is 16.3 Å². The molecule has 0 saturated carbocycles. The molecule has 0 fully saturated rings. The number of carbonyl (C=O) groups excluding carboxylic acids is 1. The Morgan fingerprint density at radius 1 is 1.20 bits per heavy atom. The van der Waals surface area contributed by atoms with Gasteiger partial charge in [0.15, 0.2) is 0 Å². The highest BCUT2D eigenvalue weighted by atomic mass is 35.5. The largest absolute Gasteiger partial charge is 0.326 e. The number of aromatic nitrogens is 3. The molecule has 0 atom stereocenters. The number of thiazole rings is 1. The summed E-state index contributed by atoms with van der Waals surface area (Å²) in [6.45, 7) is 2.23. The topological polar surface area (TPSA) is 76.9 Å². The SMILES string of the molecule is Cc1ccc(NC(=O)Cc2nc(Cn3cnc4c(Cl)cc(Cl)cc4c3=O)cs2)cc1. The van der Waals surface area contributed by atoms with Crippen LogP contribution >= 0.6 is 34.5 Å². The van der Waals surface area contributed by atoms with Crippen LogP contribution in [0.3, 0.4) is 0 Å². The third kappa shape index (κ3) is 4.53.